The highest BCUT2D eigenvalue weighted by Crippen LogP contribution is 2.23. The second-order valence-electron chi connectivity index (χ2n) is 3.36. The van der Waals surface area contributed by atoms with Crippen molar-refractivity contribution in [2.24, 2.45) is 0 Å². The molecule has 2 aromatic rings. The molecule has 18 heavy (non-hydrogen) atoms. The van der Waals surface area contributed by atoms with Gasteiger partial charge in [0.25, 0.3) is 0 Å². The lowest BCUT2D eigenvalue weighted by Crippen LogP contribution is -2.15. The molecule has 0 bridgehead atoms. The number of nitrogen functional groups attached to an aromatic ring is 1. The smallest absolute Gasteiger partial charge is 0.234 e. The van der Waals surface area contributed by atoms with Gasteiger partial charge in [-0.05, 0) is 18.2 Å². The van der Waals surface area contributed by atoms with E-state index in [0.717, 1.165) is 0 Å². The summed E-state index contributed by atoms with van der Waals surface area (Å²) < 4.78 is 0. The third-order valence-corrected chi connectivity index (χ3v) is 3.13. The summed E-state index contributed by atoms with van der Waals surface area (Å²) in [5.74, 6) is 0.0200. The van der Waals surface area contributed by atoms with E-state index in [0.29, 0.717) is 21.6 Å². The molecule has 0 saturated heterocycles. The number of thioether (sulfide) groups is 1. The van der Waals surface area contributed by atoms with Gasteiger partial charge in [-0.25, -0.2) is 4.98 Å². The van der Waals surface area contributed by atoms with Crippen molar-refractivity contribution in [3.05, 3.63) is 29.5 Å². The number of halogens is 1. The number of rotatable bonds is 4. The molecule has 94 valence electrons. The lowest BCUT2D eigenvalue weighted by Gasteiger charge is -2.07. The molecule has 0 aliphatic carbocycles. The third-order valence-electron chi connectivity index (χ3n) is 2.02. The molecular formula is C10H10ClN5OS. The molecule has 0 fully saturated rings. The Morgan fingerprint density at radius 1 is 1.56 bits per heavy atom. The number of aromatic amines is 1. The lowest BCUT2D eigenvalue weighted by molar-refractivity contribution is -0.113. The molecule has 1 heterocycles. The Labute approximate surface area is 112 Å². The summed E-state index contributed by atoms with van der Waals surface area (Å²) in [5, 5.41) is 10.1. The van der Waals surface area contributed by atoms with Crippen LogP contribution in [-0.4, -0.2) is 26.8 Å². The van der Waals surface area contributed by atoms with Crippen molar-refractivity contribution < 1.29 is 4.79 Å². The summed E-state index contributed by atoms with van der Waals surface area (Å²) in [6.07, 6.45) is 1.38. The Hall–Kier alpha value is -1.73. The molecule has 4 N–H and O–H groups in total. The monoisotopic (exact) mass is 283 g/mol. The Morgan fingerprint density at radius 3 is 3.11 bits per heavy atom. The number of carbonyl (C=O) groups is 1. The van der Waals surface area contributed by atoms with Crippen molar-refractivity contribution in [2.45, 2.75) is 5.16 Å². The SMILES string of the molecule is Nc1ccc(Cl)cc1NC(=O)CSc1ncn[nH]1. The number of nitrogens with one attached hydrogen (secondary N) is 2. The number of anilines is 2. The number of nitrogens with zero attached hydrogens (tertiary/aromatic N) is 2. The molecule has 2 rings (SSSR count). The van der Waals surface area contributed by atoms with Gasteiger partial charge in [0, 0.05) is 5.02 Å². The van der Waals surface area contributed by atoms with Crippen molar-refractivity contribution in [1.29, 1.82) is 0 Å². The zero-order valence-corrected chi connectivity index (χ0v) is 10.8. The van der Waals surface area contributed by atoms with Crippen LogP contribution in [0, 0.1) is 0 Å². The molecule has 0 saturated carbocycles. The van der Waals surface area contributed by atoms with Crippen LogP contribution in [0.15, 0.2) is 29.7 Å². The number of carbonyl (C=O) groups excluding carboxylic acids is 1. The third kappa shape index (κ3) is 3.38. The van der Waals surface area contributed by atoms with Crippen LogP contribution in [0.1, 0.15) is 0 Å². The Bertz CT molecular complexity index is 545. The summed E-state index contributed by atoms with van der Waals surface area (Å²) >= 11 is 7.07. The first-order valence-electron chi connectivity index (χ1n) is 4.98. The molecule has 1 aromatic heterocycles. The van der Waals surface area contributed by atoms with Gasteiger partial charge in [-0.1, -0.05) is 23.4 Å². The fraction of sp³-hybridized carbons (Fsp3) is 0.100. The minimum atomic E-state index is -0.189. The fourth-order valence-corrected chi connectivity index (χ4v) is 1.97. The summed E-state index contributed by atoms with van der Waals surface area (Å²) in [6.45, 7) is 0. The topological polar surface area (TPSA) is 96.7 Å². The fourth-order valence-electron chi connectivity index (χ4n) is 1.22. The van der Waals surface area contributed by atoms with E-state index in [9.17, 15) is 4.79 Å². The summed E-state index contributed by atoms with van der Waals surface area (Å²) in [4.78, 5) is 15.6. The lowest BCUT2D eigenvalue weighted by atomic mass is 10.2. The molecule has 1 aromatic carbocycles. The van der Waals surface area contributed by atoms with Crippen molar-refractivity contribution >= 4 is 40.6 Å². The Balaban J connectivity index is 1.92. The minimum absolute atomic E-state index is 0.189. The minimum Gasteiger partial charge on any atom is -0.397 e. The molecule has 1 amide bonds. The van der Waals surface area contributed by atoms with E-state index in [-0.39, 0.29) is 11.7 Å². The predicted octanol–water partition coefficient (Wildman–Crippen LogP) is 1.77. The number of benzene rings is 1. The largest absolute Gasteiger partial charge is 0.397 e. The average Bonchev–Trinajstić information content (AvgIpc) is 2.84. The van der Waals surface area contributed by atoms with Crippen LogP contribution >= 0.6 is 23.4 Å². The molecule has 0 radical (unpaired) electrons. The van der Waals surface area contributed by atoms with Crippen LogP contribution in [0.2, 0.25) is 5.02 Å². The van der Waals surface area contributed by atoms with Gasteiger partial charge in [-0.2, -0.15) is 5.10 Å². The molecule has 6 nitrogen and oxygen atoms in total. The Kier molecular flexibility index (Phi) is 4.06. The Morgan fingerprint density at radius 2 is 2.39 bits per heavy atom. The summed E-state index contributed by atoms with van der Waals surface area (Å²) in [5.41, 5.74) is 6.69. The van der Waals surface area contributed by atoms with Crippen LogP contribution in [0.4, 0.5) is 11.4 Å². The van der Waals surface area contributed by atoms with Gasteiger partial charge in [0.1, 0.15) is 6.33 Å². The maximum atomic E-state index is 11.7. The highest BCUT2D eigenvalue weighted by atomic mass is 35.5. The van der Waals surface area contributed by atoms with Crippen LogP contribution < -0.4 is 11.1 Å². The van der Waals surface area contributed by atoms with E-state index in [1.54, 1.807) is 18.2 Å². The first kappa shape index (κ1) is 12.7. The maximum absolute atomic E-state index is 11.7. The van der Waals surface area contributed by atoms with E-state index >= 15 is 0 Å². The average molecular weight is 284 g/mol. The number of nitrogens with two attached hydrogens (primary N) is 1. The number of H-pyrrole nitrogens is 1. The van der Waals surface area contributed by atoms with Gasteiger partial charge in [0.2, 0.25) is 5.91 Å². The van der Waals surface area contributed by atoms with Gasteiger partial charge >= 0.3 is 0 Å². The van der Waals surface area contributed by atoms with Crippen LogP contribution in [0.5, 0.6) is 0 Å². The van der Waals surface area contributed by atoms with Gasteiger partial charge < -0.3 is 11.1 Å². The van der Waals surface area contributed by atoms with Gasteiger partial charge in [0.05, 0.1) is 17.1 Å². The van der Waals surface area contributed by atoms with Crippen LogP contribution in [-0.2, 0) is 4.79 Å². The van der Waals surface area contributed by atoms with Gasteiger partial charge in [-0.3, -0.25) is 9.89 Å². The van der Waals surface area contributed by atoms with Crippen molar-refractivity contribution in [3.63, 3.8) is 0 Å². The molecular weight excluding hydrogens is 274 g/mol. The van der Waals surface area contributed by atoms with E-state index in [1.807, 2.05) is 0 Å². The molecule has 0 spiro atoms. The van der Waals surface area contributed by atoms with Crippen LogP contribution in [0.25, 0.3) is 0 Å². The van der Waals surface area contributed by atoms with Crippen molar-refractivity contribution in [1.82, 2.24) is 15.2 Å². The van der Waals surface area contributed by atoms with Crippen molar-refractivity contribution in [2.75, 3.05) is 16.8 Å². The normalized spacial score (nSPS) is 10.3. The summed E-state index contributed by atoms with van der Waals surface area (Å²) in [6, 6.07) is 4.91. The van der Waals surface area contributed by atoms with Gasteiger partial charge in [0.15, 0.2) is 5.16 Å². The second-order valence-corrected chi connectivity index (χ2v) is 4.76. The van der Waals surface area contributed by atoms with E-state index in [4.69, 9.17) is 17.3 Å². The number of aromatic nitrogens is 3. The molecule has 0 aliphatic rings. The van der Waals surface area contributed by atoms with E-state index in [1.165, 1.54) is 18.1 Å². The van der Waals surface area contributed by atoms with E-state index < -0.39 is 0 Å². The molecule has 0 aliphatic heterocycles. The highest BCUT2D eigenvalue weighted by Gasteiger charge is 2.07. The maximum Gasteiger partial charge on any atom is 0.234 e. The number of hydrogen-bond acceptors (Lipinski definition) is 5. The first-order valence-corrected chi connectivity index (χ1v) is 6.34. The predicted molar refractivity (Wildman–Crippen MR) is 71.6 cm³/mol. The van der Waals surface area contributed by atoms with Crippen LogP contribution in [0.3, 0.4) is 0 Å². The number of amides is 1. The van der Waals surface area contributed by atoms with E-state index in [2.05, 4.69) is 20.5 Å². The summed E-state index contributed by atoms with van der Waals surface area (Å²) in [7, 11) is 0. The molecule has 8 heteroatoms. The molecule has 0 unspecified atom stereocenters. The second kappa shape index (κ2) is 5.74. The zero-order chi connectivity index (χ0) is 13.0. The number of hydrogen-bond donors (Lipinski definition) is 3. The standard InChI is InChI=1S/C10H10ClN5OS/c11-6-1-2-7(12)8(3-6)15-9(17)4-18-10-13-5-14-16-10/h1-3,5H,4,12H2,(H,15,17)(H,13,14,16). The zero-order valence-electron chi connectivity index (χ0n) is 9.18. The van der Waals surface area contributed by atoms with Gasteiger partial charge in [-0.15, -0.1) is 0 Å². The highest BCUT2D eigenvalue weighted by molar-refractivity contribution is 7.99. The van der Waals surface area contributed by atoms with Crippen molar-refractivity contribution in [3.8, 4) is 0 Å². The first-order chi connectivity index (χ1) is 8.65. The molecule has 0 atom stereocenters. The quantitative estimate of drug-likeness (QED) is 0.587.